The van der Waals surface area contributed by atoms with E-state index in [1.165, 1.54) is 20.2 Å². The summed E-state index contributed by atoms with van der Waals surface area (Å²) in [6, 6.07) is 4.80. The van der Waals surface area contributed by atoms with E-state index in [-0.39, 0.29) is 16.8 Å². The number of sulfonamides is 1. The average Bonchev–Trinajstić information content (AvgIpc) is 3.23. The quantitative estimate of drug-likeness (QED) is 0.618. The van der Waals surface area contributed by atoms with E-state index in [1.54, 1.807) is 12.1 Å². The van der Waals surface area contributed by atoms with E-state index in [0.29, 0.717) is 42.3 Å². The normalized spacial score (nSPS) is 22.0. The van der Waals surface area contributed by atoms with Crippen LogP contribution in [0.15, 0.2) is 27.6 Å². The van der Waals surface area contributed by atoms with Gasteiger partial charge in [0, 0.05) is 62.3 Å². The Hall–Kier alpha value is -1.04. The third-order valence-corrected chi connectivity index (χ3v) is 8.26. The van der Waals surface area contributed by atoms with Crippen LogP contribution in [0.5, 0.6) is 0 Å². The number of rotatable bonds is 7. The van der Waals surface area contributed by atoms with Crippen molar-refractivity contribution < 1.29 is 22.7 Å². The maximum atomic E-state index is 12.8. The van der Waals surface area contributed by atoms with Crippen molar-refractivity contribution in [2.24, 2.45) is 5.92 Å². The van der Waals surface area contributed by atoms with E-state index < -0.39 is 10.0 Å². The molecule has 2 aliphatic heterocycles. The van der Waals surface area contributed by atoms with Crippen LogP contribution in [0.1, 0.15) is 16.8 Å². The van der Waals surface area contributed by atoms with Crippen LogP contribution >= 0.6 is 15.9 Å². The number of amides is 1. The first-order valence-corrected chi connectivity index (χ1v) is 11.9. The zero-order valence-corrected chi connectivity index (χ0v) is 19.2. The first kappa shape index (κ1) is 22.6. The van der Waals surface area contributed by atoms with Crippen LogP contribution in [0.4, 0.5) is 0 Å². The predicted molar refractivity (Wildman–Crippen MR) is 112 cm³/mol. The number of morpholine rings is 1. The molecule has 1 amide bonds. The number of carbonyl (C=O) groups excluding carboxylic acids is 1. The molecule has 8 nitrogen and oxygen atoms in total. The molecule has 2 fully saturated rings. The molecule has 2 saturated heterocycles. The molecule has 0 aliphatic carbocycles. The lowest BCUT2D eigenvalue weighted by molar-refractivity contribution is 0.00166. The minimum Gasteiger partial charge on any atom is -0.381 e. The maximum Gasteiger partial charge on any atom is 0.251 e. The largest absolute Gasteiger partial charge is 0.381 e. The van der Waals surface area contributed by atoms with Crippen molar-refractivity contribution in [3.05, 3.63) is 28.2 Å². The number of benzene rings is 1. The molecule has 29 heavy (non-hydrogen) atoms. The summed E-state index contributed by atoms with van der Waals surface area (Å²) in [6.45, 7) is 4.98. The minimum atomic E-state index is -3.66. The van der Waals surface area contributed by atoms with E-state index >= 15 is 0 Å². The van der Waals surface area contributed by atoms with Crippen LogP contribution in [0.2, 0.25) is 0 Å². The number of nitrogens with one attached hydrogen (secondary N) is 1. The van der Waals surface area contributed by atoms with Gasteiger partial charge in [-0.15, -0.1) is 0 Å². The Balaban J connectivity index is 1.73. The highest BCUT2D eigenvalue weighted by Crippen LogP contribution is 2.26. The van der Waals surface area contributed by atoms with E-state index in [2.05, 4.69) is 26.1 Å². The topological polar surface area (TPSA) is 88.2 Å². The van der Waals surface area contributed by atoms with Gasteiger partial charge in [-0.3, -0.25) is 9.69 Å². The van der Waals surface area contributed by atoms with Crippen LogP contribution in [0.3, 0.4) is 0 Å². The Kier molecular flexibility index (Phi) is 7.69. The van der Waals surface area contributed by atoms with E-state index in [0.717, 1.165) is 30.4 Å². The lowest BCUT2D eigenvalue weighted by Gasteiger charge is -2.37. The molecule has 0 radical (unpaired) electrons. The summed E-state index contributed by atoms with van der Waals surface area (Å²) >= 11 is 3.27. The number of hydrogen-bond acceptors (Lipinski definition) is 6. The monoisotopic (exact) mass is 489 g/mol. The van der Waals surface area contributed by atoms with E-state index in [1.807, 2.05) is 0 Å². The number of ether oxygens (including phenoxy) is 2. The highest BCUT2D eigenvalue weighted by Gasteiger charge is 2.32. The molecule has 1 aromatic carbocycles. The number of nitrogens with zero attached hydrogens (tertiary/aromatic N) is 2. The molecule has 0 aromatic heterocycles. The maximum absolute atomic E-state index is 12.8. The van der Waals surface area contributed by atoms with Crippen molar-refractivity contribution in [3.8, 4) is 0 Å². The van der Waals surface area contributed by atoms with Gasteiger partial charge in [0.15, 0.2) is 0 Å². The Labute approximate surface area is 180 Å². The number of carbonyl (C=O) groups is 1. The lowest BCUT2D eigenvalue weighted by Crippen LogP contribution is -2.52. The number of hydrogen-bond donors (Lipinski definition) is 1. The summed E-state index contributed by atoms with van der Waals surface area (Å²) in [6.07, 6.45) is 0.974. The summed E-state index contributed by atoms with van der Waals surface area (Å²) in [5, 5.41) is 3.00. The van der Waals surface area contributed by atoms with E-state index in [4.69, 9.17) is 9.47 Å². The fourth-order valence-electron chi connectivity index (χ4n) is 3.70. The van der Waals surface area contributed by atoms with Crippen molar-refractivity contribution in [2.45, 2.75) is 17.4 Å². The van der Waals surface area contributed by atoms with Gasteiger partial charge in [-0.25, -0.2) is 12.7 Å². The number of halogens is 1. The van der Waals surface area contributed by atoms with Crippen LogP contribution < -0.4 is 5.32 Å². The van der Waals surface area contributed by atoms with Gasteiger partial charge in [0.1, 0.15) is 0 Å². The Morgan fingerprint density at radius 3 is 2.62 bits per heavy atom. The summed E-state index contributed by atoms with van der Waals surface area (Å²) in [7, 11) is -0.730. The fraction of sp³-hybridized carbons (Fsp3) is 0.632. The molecule has 2 heterocycles. The molecule has 1 aromatic rings. The van der Waals surface area contributed by atoms with Gasteiger partial charge in [0.2, 0.25) is 10.0 Å². The molecule has 2 aliphatic rings. The summed E-state index contributed by atoms with van der Waals surface area (Å²) in [4.78, 5) is 15.2. The first-order valence-electron chi connectivity index (χ1n) is 9.70. The summed E-state index contributed by atoms with van der Waals surface area (Å²) < 4.78 is 37.6. The SMILES string of the molecule is CN(C)S(=O)(=O)c1cc(C(=O)NCC(C2CCOC2)N2CCOCC2)ccc1Br. The van der Waals surface area contributed by atoms with Gasteiger partial charge in [-0.2, -0.15) is 0 Å². The van der Waals surface area contributed by atoms with Crippen molar-refractivity contribution in [3.63, 3.8) is 0 Å². The molecule has 0 saturated carbocycles. The van der Waals surface area contributed by atoms with Crippen LogP contribution in [0, 0.1) is 5.92 Å². The van der Waals surface area contributed by atoms with Gasteiger partial charge in [0.25, 0.3) is 5.91 Å². The van der Waals surface area contributed by atoms with Gasteiger partial charge in [-0.1, -0.05) is 0 Å². The van der Waals surface area contributed by atoms with E-state index in [9.17, 15) is 13.2 Å². The second kappa shape index (κ2) is 9.84. The van der Waals surface area contributed by atoms with Gasteiger partial charge in [-0.05, 0) is 40.5 Å². The van der Waals surface area contributed by atoms with Crippen LogP contribution in [0.25, 0.3) is 0 Å². The zero-order chi connectivity index (χ0) is 21.0. The predicted octanol–water partition coefficient (Wildman–Crippen LogP) is 1.17. The molecule has 162 valence electrons. The molecule has 0 spiro atoms. The highest BCUT2D eigenvalue weighted by atomic mass is 79.9. The molecule has 1 N–H and O–H groups in total. The Bertz CT molecular complexity index is 821. The average molecular weight is 490 g/mol. The molecular formula is C19H28BrN3O5S. The van der Waals surface area contributed by atoms with Gasteiger partial charge >= 0.3 is 0 Å². The summed E-state index contributed by atoms with van der Waals surface area (Å²) in [5.41, 5.74) is 0.317. The van der Waals surface area contributed by atoms with Crippen LogP contribution in [-0.2, 0) is 19.5 Å². The second-order valence-corrected chi connectivity index (χ2v) is 10.5. The molecule has 10 heteroatoms. The van der Waals surface area contributed by atoms with Crippen molar-refractivity contribution in [1.29, 1.82) is 0 Å². The van der Waals surface area contributed by atoms with Crippen molar-refractivity contribution in [2.75, 3.05) is 60.2 Å². The first-order chi connectivity index (χ1) is 13.8. The minimum absolute atomic E-state index is 0.0732. The molecule has 2 unspecified atom stereocenters. The van der Waals surface area contributed by atoms with Gasteiger partial charge in [0.05, 0.1) is 24.7 Å². The molecule has 0 bridgehead atoms. The molecule has 3 rings (SSSR count). The molecular weight excluding hydrogens is 462 g/mol. The van der Waals surface area contributed by atoms with Crippen molar-refractivity contribution >= 4 is 31.9 Å². The standard InChI is InChI=1S/C19H28BrN3O5S/c1-22(2)29(25,26)18-11-14(3-4-16(18)20)19(24)21-12-17(15-5-8-28-13-15)23-6-9-27-10-7-23/h3-4,11,15,17H,5-10,12-13H2,1-2H3,(H,21,24). The molecule has 2 atom stereocenters. The lowest BCUT2D eigenvalue weighted by atomic mass is 9.96. The second-order valence-electron chi connectivity index (χ2n) is 7.48. The van der Waals surface area contributed by atoms with Crippen molar-refractivity contribution in [1.82, 2.24) is 14.5 Å². The van der Waals surface area contributed by atoms with Gasteiger partial charge < -0.3 is 14.8 Å². The Morgan fingerprint density at radius 2 is 2.00 bits per heavy atom. The third-order valence-electron chi connectivity index (χ3n) is 5.45. The highest BCUT2D eigenvalue weighted by molar-refractivity contribution is 9.10. The third kappa shape index (κ3) is 5.36. The summed E-state index contributed by atoms with van der Waals surface area (Å²) in [5.74, 6) is 0.0767. The Morgan fingerprint density at radius 1 is 1.28 bits per heavy atom. The fourth-order valence-corrected chi connectivity index (χ4v) is 5.54. The zero-order valence-electron chi connectivity index (χ0n) is 16.8. The smallest absolute Gasteiger partial charge is 0.251 e. The van der Waals surface area contributed by atoms with Crippen LogP contribution in [-0.4, -0.2) is 89.7 Å².